The normalized spacial score (nSPS) is 17.6. The monoisotopic (exact) mass is 420 g/mol. The van der Waals surface area contributed by atoms with Gasteiger partial charge in [0, 0.05) is 32.7 Å². The molecule has 31 heavy (non-hydrogen) atoms. The Morgan fingerprint density at radius 3 is 2.58 bits per heavy atom. The van der Waals surface area contributed by atoms with Gasteiger partial charge in [0.2, 0.25) is 0 Å². The van der Waals surface area contributed by atoms with Gasteiger partial charge in [0.15, 0.2) is 11.3 Å². The molecule has 2 aromatic heterocycles. The Balaban J connectivity index is 1.67. The Hall–Kier alpha value is -2.93. The summed E-state index contributed by atoms with van der Waals surface area (Å²) < 4.78 is 7.33. The molecule has 1 N–H and O–H groups in total. The molecular formula is C24H28N4O3. The van der Waals surface area contributed by atoms with E-state index in [4.69, 9.17) is 9.84 Å². The number of benzene rings is 1. The summed E-state index contributed by atoms with van der Waals surface area (Å²) in [4.78, 5) is 18.7. The lowest BCUT2D eigenvalue weighted by Gasteiger charge is -2.30. The molecule has 3 aromatic rings. The largest absolute Gasteiger partial charge is 0.477 e. The fraction of sp³-hybridized carbons (Fsp3) is 0.458. The van der Waals surface area contributed by atoms with E-state index in [1.807, 2.05) is 35.0 Å². The Kier molecular flexibility index (Phi) is 5.36. The van der Waals surface area contributed by atoms with E-state index in [0.717, 1.165) is 67.9 Å². The van der Waals surface area contributed by atoms with Crippen LogP contribution in [0.3, 0.4) is 0 Å². The number of fused-ring (bicyclic) bond motifs is 1. The summed E-state index contributed by atoms with van der Waals surface area (Å²) >= 11 is 0. The minimum absolute atomic E-state index is 0.0542. The summed E-state index contributed by atoms with van der Waals surface area (Å²) in [6.07, 6.45) is 5.50. The van der Waals surface area contributed by atoms with Crippen LogP contribution in [0.1, 0.15) is 54.2 Å². The van der Waals surface area contributed by atoms with Crippen molar-refractivity contribution in [2.24, 2.45) is 5.92 Å². The summed E-state index contributed by atoms with van der Waals surface area (Å²) in [6.45, 7) is 2.45. The van der Waals surface area contributed by atoms with Crippen LogP contribution < -0.4 is 4.90 Å². The molecule has 0 radical (unpaired) electrons. The highest BCUT2D eigenvalue weighted by Gasteiger charge is 2.30. The number of rotatable bonds is 6. The molecule has 0 spiro atoms. The zero-order valence-electron chi connectivity index (χ0n) is 17.8. The van der Waals surface area contributed by atoms with Gasteiger partial charge < -0.3 is 14.7 Å². The predicted molar refractivity (Wildman–Crippen MR) is 119 cm³/mol. The van der Waals surface area contributed by atoms with Crippen molar-refractivity contribution >= 4 is 22.7 Å². The molecule has 0 atom stereocenters. The molecule has 2 fully saturated rings. The third-order valence-electron chi connectivity index (χ3n) is 6.64. The second-order valence-electron chi connectivity index (χ2n) is 8.73. The van der Waals surface area contributed by atoms with E-state index in [1.165, 1.54) is 6.42 Å². The van der Waals surface area contributed by atoms with E-state index in [0.29, 0.717) is 17.5 Å². The third kappa shape index (κ3) is 3.78. The van der Waals surface area contributed by atoms with Crippen molar-refractivity contribution in [1.82, 2.24) is 14.8 Å². The van der Waals surface area contributed by atoms with Gasteiger partial charge in [0.05, 0.1) is 22.5 Å². The van der Waals surface area contributed by atoms with Crippen molar-refractivity contribution in [3.05, 3.63) is 47.8 Å². The molecule has 1 aliphatic carbocycles. The molecule has 5 rings (SSSR count). The molecular weight excluding hydrogens is 392 g/mol. The minimum atomic E-state index is -1.02. The summed E-state index contributed by atoms with van der Waals surface area (Å²) in [7, 11) is 2.06. The lowest BCUT2D eigenvalue weighted by Crippen LogP contribution is -2.30. The molecule has 1 saturated carbocycles. The van der Waals surface area contributed by atoms with Crippen LogP contribution in [-0.2, 0) is 4.74 Å². The number of carboxylic acid groups (broad SMARTS) is 1. The van der Waals surface area contributed by atoms with Gasteiger partial charge in [-0.05, 0) is 49.8 Å². The first-order valence-electron chi connectivity index (χ1n) is 11.1. The number of nitrogens with zero attached hydrogens (tertiary/aromatic N) is 4. The van der Waals surface area contributed by atoms with Crippen molar-refractivity contribution in [2.75, 3.05) is 31.7 Å². The Labute approximate surface area is 181 Å². The number of hydrogen-bond acceptors (Lipinski definition) is 5. The number of aromatic nitrogens is 3. The number of hydrogen-bond donors (Lipinski definition) is 1. The molecule has 0 amide bonds. The number of carboxylic acids is 1. The van der Waals surface area contributed by atoms with Crippen molar-refractivity contribution in [3.8, 4) is 5.69 Å². The molecule has 1 aliphatic heterocycles. The highest BCUT2D eigenvalue weighted by molar-refractivity contribution is 5.98. The number of pyridine rings is 1. The summed E-state index contributed by atoms with van der Waals surface area (Å²) in [6, 6.07) is 11.6. The standard InChI is InChI=1S/C24H28N4O3/c1-27(15-16-10-12-31-13-11-16)20-14-19(24(29)30)25-23-21(20)22(17-6-5-7-17)26-28(23)18-8-3-2-4-9-18/h2-4,8-9,14,16-17H,5-7,10-13,15H2,1H3,(H,29,30). The average Bonchev–Trinajstić information content (AvgIpc) is 3.12. The van der Waals surface area contributed by atoms with Crippen LogP contribution in [0.2, 0.25) is 0 Å². The molecule has 1 aromatic carbocycles. The third-order valence-corrected chi connectivity index (χ3v) is 6.64. The molecule has 1 saturated heterocycles. The Morgan fingerprint density at radius 1 is 1.19 bits per heavy atom. The second kappa shape index (κ2) is 8.30. The Morgan fingerprint density at radius 2 is 1.94 bits per heavy atom. The summed E-state index contributed by atoms with van der Waals surface area (Å²) in [5.41, 5.74) is 3.54. The quantitative estimate of drug-likeness (QED) is 0.642. The van der Waals surface area contributed by atoms with Gasteiger partial charge in [-0.25, -0.2) is 14.5 Å². The lowest BCUT2D eigenvalue weighted by atomic mass is 9.82. The van der Waals surface area contributed by atoms with E-state index in [2.05, 4.69) is 16.9 Å². The average molecular weight is 421 g/mol. The zero-order valence-corrected chi connectivity index (χ0v) is 17.8. The highest BCUT2D eigenvalue weighted by Crippen LogP contribution is 2.42. The van der Waals surface area contributed by atoms with Crippen LogP contribution in [0, 0.1) is 5.92 Å². The fourth-order valence-corrected chi connectivity index (χ4v) is 4.66. The van der Waals surface area contributed by atoms with Crippen LogP contribution >= 0.6 is 0 Å². The van der Waals surface area contributed by atoms with Crippen LogP contribution in [0.4, 0.5) is 5.69 Å². The molecule has 7 nitrogen and oxygen atoms in total. The van der Waals surface area contributed by atoms with E-state index in [-0.39, 0.29) is 5.69 Å². The number of anilines is 1. The van der Waals surface area contributed by atoms with Gasteiger partial charge in [-0.15, -0.1) is 0 Å². The maximum absolute atomic E-state index is 11.9. The maximum atomic E-state index is 11.9. The topological polar surface area (TPSA) is 80.5 Å². The fourth-order valence-electron chi connectivity index (χ4n) is 4.66. The van der Waals surface area contributed by atoms with Gasteiger partial charge in [-0.1, -0.05) is 24.6 Å². The number of carbonyl (C=O) groups is 1. The molecule has 0 unspecified atom stereocenters. The second-order valence-corrected chi connectivity index (χ2v) is 8.73. The van der Waals surface area contributed by atoms with E-state index in [1.54, 1.807) is 6.07 Å². The van der Waals surface area contributed by atoms with Crippen LogP contribution in [0.25, 0.3) is 16.7 Å². The van der Waals surface area contributed by atoms with Crippen LogP contribution in [-0.4, -0.2) is 52.6 Å². The van der Waals surface area contributed by atoms with E-state index in [9.17, 15) is 9.90 Å². The van der Waals surface area contributed by atoms with Gasteiger partial charge in [0.25, 0.3) is 0 Å². The number of aromatic carboxylic acids is 1. The molecule has 162 valence electrons. The van der Waals surface area contributed by atoms with Crippen molar-refractivity contribution in [2.45, 2.75) is 38.0 Å². The zero-order chi connectivity index (χ0) is 21.4. The van der Waals surface area contributed by atoms with E-state index >= 15 is 0 Å². The lowest BCUT2D eigenvalue weighted by molar-refractivity contribution is 0.0685. The first-order chi connectivity index (χ1) is 15.1. The van der Waals surface area contributed by atoms with Crippen molar-refractivity contribution in [3.63, 3.8) is 0 Å². The van der Waals surface area contributed by atoms with E-state index < -0.39 is 5.97 Å². The SMILES string of the molecule is CN(CC1CCOCC1)c1cc(C(=O)O)nc2c1c(C1CCC1)nn2-c1ccccc1. The van der Waals surface area contributed by atoms with Gasteiger partial charge in [-0.3, -0.25) is 0 Å². The van der Waals surface area contributed by atoms with Gasteiger partial charge >= 0.3 is 5.97 Å². The Bertz CT molecular complexity index is 1090. The van der Waals surface area contributed by atoms with Crippen molar-refractivity contribution < 1.29 is 14.6 Å². The van der Waals surface area contributed by atoms with Crippen LogP contribution in [0.15, 0.2) is 36.4 Å². The number of para-hydroxylation sites is 1. The molecule has 7 heteroatoms. The van der Waals surface area contributed by atoms with Gasteiger partial charge in [0.1, 0.15) is 0 Å². The molecule has 3 heterocycles. The summed E-state index contributed by atoms with van der Waals surface area (Å²) in [5, 5.41) is 15.8. The van der Waals surface area contributed by atoms with Crippen LogP contribution in [0.5, 0.6) is 0 Å². The minimum Gasteiger partial charge on any atom is -0.477 e. The first kappa shape index (κ1) is 20.0. The highest BCUT2D eigenvalue weighted by atomic mass is 16.5. The summed E-state index contributed by atoms with van der Waals surface area (Å²) in [5.74, 6) is -0.0830. The smallest absolute Gasteiger partial charge is 0.354 e. The predicted octanol–water partition coefficient (Wildman–Crippen LogP) is 4.25. The van der Waals surface area contributed by atoms with Gasteiger partial charge in [-0.2, -0.15) is 5.10 Å². The molecule has 2 aliphatic rings. The maximum Gasteiger partial charge on any atom is 0.354 e. The van der Waals surface area contributed by atoms with Crippen molar-refractivity contribution in [1.29, 1.82) is 0 Å². The number of ether oxygens (including phenoxy) is 1. The first-order valence-corrected chi connectivity index (χ1v) is 11.1. The molecule has 0 bridgehead atoms.